The SMILES string of the molecule is COc1ncc(C#CCOc2ccccc2C(=O)O)c(OC)n1. The topological polar surface area (TPSA) is 90.8 Å². The fourth-order valence-corrected chi connectivity index (χ4v) is 1.70. The standard InChI is InChI=1S/C16H14N2O5/c1-21-14-11(10-17-16(18-14)22-2)6-5-9-23-13-8-4-3-7-12(13)15(19)20/h3-4,7-8,10H,9H2,1-2H3,(H,19,20). The number of para-hydroxylation sites is 1. The minimum atomic E-state index is -1.06. The molecule has 7 nitrogen and oxygen atoms in total. The summed E-state index contributed by atoms with van der Waals surface area (Å²) in [6.45, 7) is 0.0134. The molecular formula is C16H14N2O5. The Morgan fingerprint density at radius 3 is 2.74 bits per heavy atom. The third-order valence-electron chi connectivity index (χ3n) is 2.75. The summed E-state index contributed by atoms with van der Waals surface area (Å²) in [4.78, 5) is 19.0. The van der Waals surface area contributed by atoms with Crippen LogP contribution in [0.4, 0.5) is 0 Å². The zero-order chi connectivity index (χ0) is 16.7. The van der Waals surface area contributed by atoms with E-state index in [1.807, 2.05) is 0 Å². The van der Waals surface area contributed by atoms with Crippen molar-refractivity contribution in [1.82, 2.24) is 9.97 Å². The average molecular weight is 314 g/mol. The number of ether oxygens (including phenoxy) is 3. The predicted molar refractivity (Wildman–Crippen MR) is 80.9 cm³/mol. The second kappa shape index (κ2) is 7.66. The van der Waals surface area contributed by atoms with Crippen LogP contribution in [0.3, 0.4) is 0 Å². The molecule has 0 aliphatic rings. The second-order valence-electron chi connectivity index (χ2n) is 4.17. The van der Waals surface area contributed by atoms with E-state index < -0.39 is 5.97 Å². The van der Waals surface area contributed by atoms with E-state index in [9.17, 15) is 4.79 Å². The van der Waals surface area contributed by atoms with Crippen molar-refractivity contribution in [3.63, 3.8) is 0 Å². The van der Waals surface area contributed by atoms with Crippen LogP contribution in [0, 0.1) is 11.8 Å². The molecule has 0 spiro atoms. The maximum Gasteiger partial charge on any atom is 0.339 e. The smallest absolute Gasteiger partial charge is 0.339 e. The molecule has 0 radical (unpaired) electrons. The molecule has 0 bridgehead atoms. The van der Waals surface area contributed by atoms with Crippen LogP contribution in [0.5, 0.6) is 17.6 Å². The first-order valence-corrected chi connectivity index (χ1v) is 6.54. The summed E-state index contributed by atoms with van der Waals surface area (Å²) in [6.07, 6.45) is 1.48. The fraction of sp³-hybridized carbons (Fsp3) is 0.188. The summed E-state index contributed by atoms with van der Waals surface area (Å²) in [5.41, 5.74) is 0.558. The monoisotopic (exact) mass is 314 g/mol. The lowest BCUT2D eigenvalue weighted by atomic mass is 10.2. The van der Waals surface area contributed by atoms with Crippen molar-refractivity contribution in [1.29, 1.82) is 0 Å². The minimum absolute atomic E-state index is 0.0134. The van der Waals surface area contributed by atoms with E-state index in [-0.39, 0.29) is 29.8 Å². The Balaban J connectivity index is 2.09. The number of benzene rings is 1. The number of aromatic carboxylic acids is 1. The van der Waals surface area contributed by atoms with Gasteiger partial charge in [-0.05, 0) is 12.1 Å². The van der Waals surface area contributed by atoms with E-state index in [4.69, 9.17) is 19.3 Å². The average Bonchev–Trinajstić information content (AvgIpc) is 2.58. The van der Waals surface area contributed by atoms with Crippen molar-refractivity contribution < 1.29 is 24.1 Å². The molecule has 118 valence electrons. The second-order valence-corrected chi connectivity index (χ2v) is 4.17. The number of aromatic nitrogens is 2. The summed E-state index contributed by atoms with van der Waals surface area (Å²) in [6, 6.07) is 6.53. The summed E-state index contributed by atoms with van der Waals surface area (Å²) in [5, 5.41) is 9.06. The lowest BCUT2D eigenvalue weighted by Crippen LogP contribution is -2.03. The van der Waals surface area contributed by atoms with Crippen molar-refractivity contribution in [3.8, 4) is 29.5 Å². The normalized spacial score (nSPS) is 9.48. The van der Waals surface area contributed by atoms with Crippen molar-refractivity contribution in [3.05, 3.63) is 41.6 Å². The highest BCUT2D eigenvalue weighted by molar-refractivity contribution is 5.90. The van der Waals surface area contributed by atoms with Gasteiger partial charge in [0, 0.05) is 0 Å². The van der Waals surface area contributed by atoms with E-state index in [0.29, 0.717) is 5.56 Å². The molecule has 1 aromatic heterocycles. The first-order valence-electron chi connectivity index (χ1n) is 6.54. The fourth-order valence-electron chi connectivity index (χ4n) is 1.70. The third-order valence-corrected chi connectivity index (χ3v) is 2.75. The highest BCUT2D eigenvalue weighted by atomic mass is 16.5. The molecule has 0 aliphatic heterocycles. The molecule has 0 saturated heterocycles. The van der Waals surface area contributed by atoms with E-state index in [1.54, 1.807) is 18.2 Å². The first kappa shape index (κ1) is 16.1. The number of hydrogen-bond donors (Lipinski definition) is 1. The van der Waals surface area contributed by atoms with Gasteiger partial charge in [-0.15, -0.1) is 0 Å². The van der Waals surface area contributed by atoms with Gasteiger partial charge in [-0.3, -0.25) is 0 Å². The maximum absolute atomic E-state index is 11.1. The van der Waals surface area contributed by atoms with Crippen molar-refractivity contribution in [2.45, 2.75) is 0 Å². The van der Waals surface area contributed by atoms with Crippen LogP contribution >= 0.6 is 0 Å². The molecule has 2 rings (SSSR count). The molecule has 2 aromatic rings. The Kier molecular flexibility index (Phi) is 5.36. The molecule has 7 heteroatoms. The number of carboxylic acids is 1. The predicted octanol–water partition coefficient (Wildman–Crippen LogP) is 1.62. The quantitative estimate of drug-likeness (QED) is 0.839. The Morgan fingerprint density at radius 1 is 1.26 bits per heavy atom. The molecule has 1 N–H and O–H groups in total. The molecule has 1 heterocycles. The van der Waals surface area contributed by atoms with Gasteiger partial charge in [-0.1, -0.05) is 24.0 Å². The zero-order valence-corrected chi connectivity index (χ0v) is 12.6. The lowest BCUT2D eigenvalue weighted by Gasteiger charge is -2.05. The highest BCUT2D eigenvalue weighted by Gasteiger charge is 2.09. The Bertz CT molecular complexity index is 765. The van der Waals surface area contributed by atoms with E-state index in [1.165, 1.54) is 26.5 Å². The van der Waals surface area contributed by atoms with E-state index >= 15 is 0 Å². The summed E-state index contributed by atoms with van der Waals surface area (Å²) >= 11 is 0. The zero-order valence-electron chi connectivity index (χ0n) is 12.6. The van der Waals surface area contributed by atoms with Crippen molar-refractivity contribution in [2.75, 3.05) is 20.8 Å². The van der Waals surface area contributed by atoms with E-state index in [0.717, 1.165) is 0 Å². The van der Waals surface area contributed by atoms with Crippen molar-refractivity contribution >= 4 is 5.97 Å². The van der Waals surface area contributed by atoms with Gasteiger partial charge in [0.2, 0.25) is 5.88 Å². The van der Waals surface area contributed by atoms with Gasteiger partial charge in [0.25, 0.3) is 0 Å². The van der Waals surface area contributed by atoms with Crippen LogP contribution in [-0.4, -0.2) is 41.9 Å². The maximum atomic E-state index is 11.1. The van der Waals surface area contributed by atoms with Crippen LogP contribution in [0.2, 0.25) is 0 Å². The number of rotatable bonds is 5. The van der Waals surface area contributed by atoms with Crippen LogP contribution in [-0.2, 0) is 0 Å². The van der Waals surface area contributed by atoms with Gasteiger partial charge in [0.05, 0.1) is 20.4 Å². The minimum Gasteiger partial charge on any atom is -0.480 e. The first-order chi connectivity index (χ1) is 11.2. The van der Waals surface area contributed by atoms with Crippen LogP contribution < -0.4 is 14.2 Å². The van der Waals surface area contributed by atoms with Gasteiger partial charge in [0.1, 0.15) is 23.5 Å². The Hall–Kier alpha value is -3.27. The van der Waals surface area contributed by atoms with Gasteiger partial charge in [-0.25, -0.2) is 9.78 Å². The Morgan fingerprint density at radius 2 is 2.04 bits per heavy atom. The van der Waals surface area contributed by atoms with Gasteiger partial charge < -0.3 is 19.3 Å². The Labute approximate surface area is 132 Å². The molecule has 0 fully saturated rings. The molecule has 0 atom stereocenters. The molecule has 0 saturated carbocycles. The van der Waals surface area contributed by atoms with Crippen LogP contribution in [0.15, 0.2) is 30.5 Å². The lowest BCUT2D eigenvalue weighted by molar-refractivity contribution is 0.0693. The molecule has 0 unspecified atom stereocenters. The highest BCUT2D eigenvalue weighted by Crippen LogP contribution is 2.18. The molecule has 1 aromatic carbocycles. The number of carbonyl (C=O) groups is 1. The molecular weight excluding hydrogens is 300 g/mol. The third kappa shape index (κ3) is 4.11. The molecule has 23 heavy (non-hydrogen) atoms. The summed E-state index contributed by atoms with van der Waals surface area (Å²) < 4.78 is 15.4. The summed E-state index contributed by atoms with van der Waals surface area (Å²) in [5.74, 6) is 5.06. The van der Waals surface area contributed by atoms with E-state index in [2.05, 4.69) is 21.8 Å². The van der Waals surface area contributed by atoms with Crippen LogP contribution in [0.25, 0.3) is 0 Å². The van der Waals surface area contributed by atoms with Gasteiger partial charge in [0.15, 0.2) is 0 Å². The van der Waals surface area contributed by atoms with Gasteiger partial charge in [-0.2, -0.15) is 4.98 Å². The van der Waals surface area contributed by atoms with Crippen molar-refractivity contribution in [2.24, 2.45) is 0 Å². The largest absolute Gasteiger partial charge is 0.480 e. The van der Waals surface area contributed by atoms with Crippen LogP contribution in [0.1, 0.15) is 15.9 Å². The number of nitrogens with zero attached hydrogens (tertiary/aromatic N) is 2. The number of carboxylic acid groups (broad SMARTS) is 1. The molecule has 0 aliphatic carbocycles. The van der Waals surface area contributed by atoms with Gasteiger partial charge >= 0.3 is 12.0 Å². The number of hydrogen-bond acceptors (Lipinski definition) is 6. The molecule has 0 amide bonds. The summed E-state index contributed by atoms with van der Waals surface area (Å²) in [7, 11) is 2.92. The number of methoxy groups -OCH3 is 2.